The minimum absolute atomic E-state index is 0.0648. The number of hydroxylamine groups is 1. The van der Waals surface area contributed by atoms with Crippen molar-refractivity contribution in [3.63, 3.8) is 0 Å². The van der Waals surface area contributed by atoms with Crippen molar-refractivity contribution in [2.45, 2.75) is 30.5 Å². The van der Waals surface area contributed by atoms with Crippen molar-refractivity contribution >= 4 is 33.3 Å². The van der Waals surface area contributed by atoms with Crippen molar-refractivity contribution in [1.82, 2.24) is 10.8 Å². The molecule has 8 nitrogen and oxygen atoms in total. The molecule has 9 heteroatoms. The van der Waals surface area contributed by atoms with Crippen molar-refractivity contribution in [3.8, 4) is 0 Å². The highest BCUT2D eigenvalue weighted by Gasteiger charge is 2.19. The predicted molar refractivity (Wildman–Crippen MR) is 131 cm³/mol. The summed E-state index contributed by atoms with van der Waals surface area (Å²) in [6.45, 7) is 4.04. The van der Waals surface area contributed by atoms with Gasteiger partial charge in [-0.15, -0.1) is 0 Å². The fraction of sp³-hybridized carbons (Fsp3) is 0.208. The van der Waals surface area contributed by atoms with Crippen molar-refractivity contribution < 1.29 is 13.3 Å². The smallest absolute Gasteiger partial charge is 0.180 e. The lowest BCUT2D eigenvalue weighted by molar-refractivity contribution is 0.178. The Hall–Kier alpha value is -3.56. The molecule has 0 spiro atoms. The first-order chi connectivity index (χ1) is 15.7. The summed E-state index contributed by atoms with van der Waals surface area (Å²) in [5, 5.41) is 18.7. The van der Waals surface area contributed by atoms with Crippen molar-refractivity contribution in [2.75, 3.05) is 7.05 Å². The minimum Gasteiger partial charge on any atom is -0.382 e. The summed E-state index contributed by atoms with van der Waals surface area (Å²) in [4.78, 5) is 9.61. The topological polar surface area (TPSA) is 127 Å². The van der Waals surface area contributed by atoms with Crippen molar-refractivity contribution in [1.29, 1.82) is 10.8 Å². The van der Waals surface area contributed by atoms with E-state index < -0.39 is 15.1 Å². The molecule has 172 valence electrons. The molecule has 33 heavy (non-hydrogen) atoms. The number of sulfone groups is 1. The Labute approximate surface area is 194 Å². The van der Waals surface area contributed by atoms with Crippen LogP contribution < -0.4 is 10.8 Å². The highest BCUT2D eigenvalue weighted by molar-refractivity contribution is 7.92. The fourth-order valence-corrected chi connectivity index (χ4v) is 4.07. The van der Waals surface area contributed by atoms with Gasteiger partial charge < -0.3 is 10.2 Å². The molecule has 4 N–H and O–H groups in total. The normalized spacial score (nSPS) is 14.9. The maximum atomic E-state index is 12.2. The molecule has 0 bridgehead atoms. The molecule has 0 fully saturated rings. The SMILES string of the molecule is CNCc1ccc(C2=CC(=CC(=N)N=CC(=N)c3ccc(S(=O)(=O)C(C)C)cc3)ON2)cc1. The highest BCUT2D eigenvalue weighted by Crippen LogP contribution is 2.21. The number of allylic oxidation sites excluding steroid dienone is 1. The number of aliphatic imine (C=N–C) groups is 1. The fourth-order valence-electron chi connectivity index (χ4n) is 3.01. The molecule has 0 unspecified atom stereocenters. The van der Waals surface area contributed by atoms with Crippen LogP contribution in [0.2, 0.25) is 0 Å². The summed E-state index contributed by atoms with van der Waals surface area (Å²) in [7, 11) is -1.46. The molecule has 2 aromatic carbocycles. The van der Waals surface area contributed by atoms with Gasteiger partial charge in [-0.25, -0.2) is 18.9 Å². The van der Waals surface area contributed by atoms with Gasteiger partial charge in [0, 0.05) is 29.8 Å². The minimum atomic E-state index is -3.36. The van der Waals surface area contributed by atoms with Crippen molar-refractivity contribution in [2.24, 2.45) is 4.99 Å². The molecule has 1 heterocycles. The zero-order valence-corrected chi connectivity index (χ0v) is 19.5. The average Bonchev–Trinajstić information content (AvgIpc) is 3.26. The van der Waals surface area contributed by atoms with E-state index in [1.807, 2.05) is 31.3 Å². The second-order valence-electron chi connectivity index (χ2n) is 7.71. The van der Waals surface area contributed by atoms with E-state index in [1.54, 1.807) is 32.1 Å². The Kier molecular flexibility index (Phi) is 7.57. The quantitative estimate of drug-likeness (QED) is 0.351. The van der Waals surface area contributed by atoms with E-state index >= 15 is 0 Å². The molecule has 0 radical (unpaired) electrons. The van der Waals surface area contributed by atoms with Crippen LogP contribution in [0, 0.1) is 10.8 Å². The lowest BCUT2D eigenvalue weighted by Crippen LogP contribution is -2.14. The molecular formula is C24H27N5O3S. The maximum Gasteiger partial charge on any atom is 0.180 e. The summed E-state index contributed by atoms with van der Waals surface area (Å²) in [6.07, 6.45) is 4.46. The Balaban J connectivity index is 1.64. The number of amidine groups is 1. The standard InChI is InChI=1S/C24H27N5O3S/c1-16(2)33(30,31)21-10-8-18(9-11-21)22(25)15-28-24(26)13-20-12-23(29-32-20)19-6-4-17(5-7-19)14-27-3/h4-13,15-16,25-27,29H,14H2,1-3H3. The molecule has 0 atom stereocenters. The lowest BCUT2D eigenvalue weighted by Gasteiger charge is -2.08. The Bertz CT molecular complexity index is 1230. The number of hydrogen-bond donors (Lipinski definition) is 4. The zero-order chi connectivity index (χ0) is 24.0. The summed E-state index contributed by atoms with van der Waals surface area (Å²) in [5.74, 6) is 0.346. The van der Waals surface area contributed by atoms with E-state index in [-0.39, 0.29) is 16.4 Å². The van der Waals surface area contributed by atoms with E-state index in [1.165, 1.54) is 30.0 Å². The first kappa shape index (κ1) is 24.1. The van der Waals surface area contributed by atoms with Gasteiger partial charge in [0.05, 0.1) is 27.8 Å². The van der Waals surface area contributed by atoms with Crippen LogP contribution in [0.5, 0.6) is 0 Å². The number of nitrogens with one attached hydrogen (secondary N) is 4. The zero-order valence-electron chi connectivity index (χ0n) is 18.7. The largest absolute Gasteiger partial charge is 0.382 e. The molecule has 0 amide bonds. The summed E-state index contributed by atoms with van der Waals surface area (Å²) < 4.78 is 24.4. The van der Waals surface area contributed by atoms with Gasteiger partial charge in [0.15, 0.2) is 15.6 Å². The number of nitrogens with zero attached hydrogens (tertiary/aromatic N) is 1. The predicted octanol–water partition coefficient (Wildman–Crippen LogP) is 3.46. The first-order valence-corrected chi connectivity index (χ1v) is 11.9. The molecule has 0 aliphatic carbocycles. The van der Waals surface area contributed by atoms with Crippen molar-refractivity contribution in [3.05, 3.63) is 83.1 Å². The van der Waals surface area contributed by atoms with Gasteiger partial charge in [0.2, 0.25) is 0 Å². The summed E-state index contributed by atoms with van der Waals surface area (Å²) in [6, 6.07) is 14.1. The Morgan fingerprint density at radius 1 is 1.12 bits per heavy atom. The van der Waals surface area contributed by atoms with Crippen LogP contribution in [-0.4, -0.2) is 38.5 Å². The number of hydrogen-bond acceptors (Lipinski definition) is 7. The second-order valence-corrected chi connectivity index (χ2v) is 10.2. The third-order valence-electron chi connectivity index (χ3n) is 4.94. The van der Waals surface area contributed by atoms with Crippen LogP contribution in [-0.2, 0) is 21.2 Å². The third-order valence-corrected chi connectivity index (χ3v) is 7.11. The highest BCUT2D eigenvalue weighted by atomic mass is 32.2. The molecule has 3 rings (SSSR count). The average molecular weight is 466 g/mol. The van der Waals surface area contributed by atoms with E-state index in [0.717, 1.165) is 17.8 Å². The molecular weight excluding hydrogens is 438 g/mol. The van der Waals surface area contributed by atoms with Gasteiger partial charge in [-0.3, -0.25) is 10.8 Å². The first-order valence-electron chi connectivity index (χ1n) is 10.4. The molecule has 0 saturated carbocycles. The van der Waals surface area contributed by atoms with E-state index in [2.05, 4.69) is 15.8 Å². The van der Waals surface area contributed by atoms with E-state index in [0.29, 0.717) is 11.3 Å². The molecule has 0 saturated heterocycles. The molecule has 2 aromatic rings. The van der Waals surface area contributed by atoms with Gasteiger partial charge in [-0.05, 0) is 38.6 Å². The van der Waals surface area contributed by atoms with Crippen LogP contribution in [0.1, 0.15) is 30.5 Å². The molecule has 1 aliphatic heterocycles. The van der Waals surface area contributed by atoms with Crippen LogP contribution in [0.25, 0.3) is 5.70 Å². The maximum absolute atomic E-state index is 12.2. The third kappa shape index (κ3) is 6.03. The number of benzene rings is 2. The summed E-state index contributed by atoms with van der Waals surface area (Å²) in [5.41, 5.74) is 6.31. The van der Waals surface area contributed by atoms with Crippen LogP contribution in [0.15, 0.2) is 76.3 Å². The number of rotatable bonds is 8. The Morgan fingerprint density at radius 2 is 1.79 bits per heavy atom. The molecule has 0 aromatic heterocycles. The molecule has 1 aliphatic rings. The van der Waals surface area contributed by atoms with Crippen LogP contribution in [0.4, 0.5) is 0 Å². The van der Waals surface area contributed by atoms with Gasteiger partial charge in [0.1, 0.15) is 5.84 Å². The van der Waals surface area contributed by atoms with Gasteiger partial charge in [0.25, 0.3) is 0 Å². The van der Waals surface area contributed by atoms with Gasteiger partial charge in [-0.2, -0.15) is 0 Å². The van der Waals surface area contributed by atoms with Gasteiger partial charge >= 0.3 is 0 Å². The Morgan fingerprint density at radius 3 is 2.39 bits per heavy atom. The summed E-state index contributed by atoms with van der Waals surface area (Å²) >= 11 is 0. The van der Waals surface area contributed by atoms with Crippen LogP contribution >= 0.6 is 0 Å². The van der Waals surface area contributed by atoms with E-state index in [9.17, 15) is 8.42 Å². The van der Waals surface area contributed by atoms with E-state index in [4.69, 9.17) is 15.7 Å². The second kappa shape index (κ2) is 10.4. The van der Waals surface area contributed by atoms with Crippen LogP contribution in [0.3, 0.4) is 0 Å². The van der Waals surface area contributed by atoms with Gasteiger partial charge in [-0.1, -0.05) is 36.4 Å². The monoisotopic (exact) mass is 465 g/mol. The lowest BCUT2D eigenvalue weighted by atomic mass is 10.1.